The van der Waals surface area contributed by atoms with Crippen LogP contribution in [0.1, 0.15) is 19.8 Å². The van der Waals surface area contributed by atoms with Gasteiger partial charge in [0.15, 0.2) is 0 Å². The molecular formula is C20H23N3O4S. The van der Waals surface area contributed by atoms with Crippen LogP contribution < -0.4 is 10.6 Å². The lowest BCUT2D eigenvalue weighted by Crippen LogP contribution is -2.43. The summed E-state index contributed by atoms with van der Waals surface area (Å²) in [6.07, 6.45) is 1.24. The fourth-order valence-electron chi connectivity index (χ4n) is 3.24. The van der Waals surface area contributed by atoms with Gasteiger partial charge in [0.05, 0.1) is 10.8 Å². The largest absolute Gasteiger partial charge is 0.326 e. The predicted molar refractivity (Wildman–Crippen MR) is 107 cm³/mol. The van der Waals surface area contributed by atoms with E-state index in [2.05, 4.69) is 10.6 Å². The zero-order valence-corrected chi connectivity index (χ0v) is 16.4. The summed E-state index contributed by atoms with van der Waals surface area (Å²) >= 11 is 0. The normalized spacial score (nSPS) is 17.7. The molecule has 0 saturated carbocycles. The lowest BCUT2D eigenvalue weighted by Gasteiger charge is -2.31. The molecule has 2 N–H and O–H groups in total. The van der Waals surface area contributed by atoms with Gasteiger partial charge in [-0.3, -0.25) is 9.59 Å². The molecule has 1 fully saturated rings. The molecule has 1 aliphatic rings. The van der Waals surface area contributed by atoms with Gasteiger partial charge in [-0.25, -0.2) is 8.42 Å². The van der Waals surface area contributed by atoms with Gasteiger partial charge in [-0.2, -0.15) is 4.31 Å². The van der Waals surface area contributed by atoms with E-state index in [1.807, 2.05) is 0 Å². The van der Waals surface area contributed by atoms with Crippen molar-refractivity contribution in [2.24, 2.45) is 5.92 Å². The molecule has 1 heterocycles. The van der Waals surface area contributed by atoms with Gasteiger partial charge < -0.3 is 10.6 Å². The fraction of sp³-hybridized carbons (Fsp3) is 0.300. The summed E-state index contributed by atoms with van der Waals surface area (Å²) in [6, 6.07) is 15.1. The SMILES string of the molecule is CC(=O)Nc1cccc(NC(=O)[C@H]2CCCN(S(=O)(=O)c3ccccc3)C2)c1. The number of anilines is 2. The minimum absolute atomic E-state index is 0.147. The van der Waals surface area contributed by atoms with Gasteiger partial charge in [-0.05, 0) is 43.2 Å². The zero-order valence-electron chi connectivity index (χ0n) is 15.6. The second kappa shape index (κ2) is 8.53. The molecule has 0 aromatic heterocycles. The van der Waals surface area contributed by atoms with Gasteiger partial charge in [0.2, 0.25) is 21.8 Å². The van der Waals surface area contributed by atoms with Crippen LogP contribution in [0.2, 0.25) is 0 Å². The van der Waals surface area contributed by atoms with Gasteiger partial charge in [0.25, 0.3) is 0 Å². The van der Waals surface area contributed by atoms with Crippen molar-refractivity contribution in [2.45, 2.75) is 24.7 Å². The topological polar surface area (TPSA) is 95.6 Å². The second-order valence-electron chi connectivity index (χ2n) is 6.77. The molecule has 0 radical (unpaired) electrons. The van der Waals surface area contributed by atoms with Crippen LogP contribution in [-0.4, -0.2) is 37.6 Å². The number of benzene rings is 2. The Kier molecular flexibility index (Phi) is 6.11. The van der Waals surface area contributed by atoms with Gasteiger partial charge >= 0.3 is 0 Å². The smallest absolute Gasteiger partial charge is 0.243 e. The third kappa shape index (κ3) is 4.76. The van der Waals surface area contributed by atoms with Crippen molar-refractivity contribution in [3.63, 3.8) is 0 Å². The van der Waals surface area contributed by atoms with Gasteiger partial charge in [-0.15, -0.1) is 0 Å². The molecular weight excluding hydrogens is 378 g/mol. The summed E-state index contributed by atoms with van der Waals surface area (Å²) in [5.74, 6) is -0.859. The zero-order chi connectivity index (χ0) is 20.1. The van der Waals surface area contributed by atoms with Crippen LogP contribution in [0.4, 0.5) is 11.4 Å². The van der Waals surface area contributed by atoms with E-state index in [1.165, 1.54) is 11.2 Å². The quantitative estimate of drug-likeness (QED) is 0.805. The molecule has 28 heavy (non-hydrogen) atoms. The number of nitrogens with one attached hydrogen (secondary N) is 2. The molecule has 0 bridgehead atoms. The highest BCUT2D eigenvalue weighted by molar-refractivity contribution is 7.89. The standard InChI is InChI=1S/C20H23N3O4S/c1-15(24)21-17-8-5-9-18(13-17)22-20(25)16-7-6-12-23(14-16)28(26,27)19-10-3-2-4-11-19/h2-5,8-11,13,16H,6-7,12,14H2,1H3,(H,21,24)(H,22,25)/t16-/m0/s1. The van der Waals surface area contributed by atoms with E-state index in [1.54, 1.807) is 54.6 Å². The highest BCUT2D eigenvalue weighted by atomic mass is 32.2. The Labute approximate surface area is 164 Å². The van der Waals surface area contributed by atoms with Crippen LogP contribution in [0, 0.1) is 5.92 Å². The molecule has 2 aromatic rings. The van der Waals surface area contributed by atoms with Crippen LogP contribution in [0.15, 0.2) is 59.5 Å². The highest BCUT2D eigenvalue weighted by Gasteiger charge is 2.33. The maximum absolute atomic E-state index is 12.8. The first-order valence-electron chi connectivity index (χ1n) is 9.10. The van der Waals surface area contributed by atoms with Crippen LogP contribution in [0.5, 0.6) is 0 Å². The third-order valence-electron chi connectivity index (χ3n) is 4.59. The number of hydrogen-bond donors (Lipinski definition) is 2. The van der Waals surface area contributed by atoms with Crippen molar-refractivity contribution in [1.29, 1.82) is 0 Å². The molecule has 1 atom stereocenters. The summed E-state index contributed by atoms with van der Waals surface area (Å²) in [7, 11) is -3.62. The second-order valence-corrected chi connectivity index (χ2v) is 8.70. The maximum atomic E-state index is 12.8. The summed E-state index contributed by atoms with van der Waals surface area (Å²) in [5.41, 5.74) is 1.14. The van der Waals surface area contributed by atoms with Crippen molar-refractivity contribution in [3.05, 3.63) is 54.6 Å². The maximum Gasteiger partial charge on any atom is 0.243 e. The fourth-order valence-corrected chi connectivity index (χ4v) is 4.78. The molecule has 3 rings (SSSR count). The molecule has 2 amide bonds. The molecule has 2 aromatic carbocycles. The Balaban J connectivity index is 1.69. The van der Waals surface area contributed by atoms with Crippen LogP contribution >= 0.6 is 0 Å². The molecule has 0 aliphatic carbocycles. The van der Waals surface area contributed by atoms with Crippen molar-refractivity contribution >= 4 is 33.2 Å². The lowest BCUT2D eigenvalue weighted by atomic mass is 9.98. The molecule has 0 unspecified atom stereocenters. The van der Waals surface area contributed by atoms with Crippen molar-refractivity contribution < 1.29 is 18.0 Å². The van der Waals surface area contributed by atoms with E-state index in [0.29, 0.717) is 30.8 Å². The Bertz CT molecular complexity index is 960. The van der Waals surface area contributed by atoms with Gasteiger partial charge in [0.1, 0.15) is 0 Å². The Morgan fingerprint density at radius 3 is 2.36 bits per heavy atom. The molecule has 1 saturated heterocycles. The Morgan fingerprint density at radius 1 is 1.00 bits per heavy atom. The number of piperidine rings is 1. The number of rotatable bonds is 5. The van der Waals surface area contributed by atoms with Crippen LogP contribution in [0.3, 0.4) is 0 Å². The van der Waals surface area contributed by atoms with E-state index in [4.69, 9.17) is 0 Å². The Morgan fingerprint density at radius 2 is 1.68 bits per heavy atom. The number of sulfonamides is 1. The number of carbonyl (C=O) groups is 2. The first-order chi connectivity index (χ1) is 13.4. The van der Waals surface area contributed by atoms with Crippen molar-refractivity contribution in [3.8, 4) is 0 Å². The van der Waals surface area contributed by atoms with E-state index in [0.717, 1.165) is 0 Å². The number of carbonyl (C=O) groups excluding carboxylic acids is 2. The van der Waals surface area contributed by atoms with E-state index < -0.39 is 15.9 Å². The first-order valence-corrected chi connectivity index (χ1v) is 10.5. The molecule has 0 spiro atoms. The van der Waals surface area contributed by atoms with Crippen LogP contribution in [-0.2, 0) is 19.6 Å². The monoisotopic (exact) mass is 401 g/mol. The van der Waals surface area contributed by atoms with Gasteiger partial charge in [0, 0.05) is 31.4 Å². The first kappa shape index (κ1) is 20.0. The molecule has 148 valence electrons. The number of amides is 2. The summed E-state index contributed by atoms with van der Waals surface area (Å²) in [6.45, 7) is 1.96. The number of nitrogens with zero attached hydrogens (tertiary/aromatic N) is 1. The van der Waals surface area contributed by atoms with E-state index >= 15 is 0 Å². The lowest BCUT2D eigenvalue weighted by molar-refractivity contribution is -0.121. The molecule has 1 aliphatic heterocycles. The van der Waals surface area contributed by atoms with Crippen LogP contribution in [0.25, 0.3) is 0 Å². The summed E-state index contributed by atoms with van der Waals surface area (Å²) < 4.78 is 27.0. The minimum Gasteiger partial charge on any atom is -0.326 e. The van der Waals surface area contributed by atoms with Crippen molar-refractivity contribution in [2.75, 3.05) is 23.7 Å². The average Bonchev–Trinajstić information content (AvgIpc) is 2.68. The van der Waals surface area contributed by atoms with Crippen molar-refractivity contribution in [1.82, 2.24) is 4.31 Å². The Hall–Kier alpha value is -2.71. The molecule has 7 nitrogen and oxygen atoms in total. The van der Waals surface area contributed by atoms with E-state index in [9.17, 15) is 18.0 Å². The average molecular weight is 401 g/mol. The minimum atomic E-state index is -3.62. The third-order valence-corrected chi connectivity index (χ3v) is 6.47. The predicted octanol–water partition coefficient (Wildman–Crippen LogP) is 2.68. The summed E-state index contributed by atoms with van der Waals surface area (Å²) in [4.78, 5) is 24.1. The van der Waals surface area contributed by atoms with Gasteiger partial charge in [-0.1, -0.05) is 24.3 Å². The molecule has 8 heteroatoms. The number of hydrogen-bond acceptors (Lipinski definition) is 4. The summed E-state index contributed by atoms with van der Waals surface area (Å²) in [5, 5.41) is 5.49. The highest BCUT2D eigenvalue weighted by Crippen LogP contribution is 2.25. The van der Waals surface area contributed by atoms with E-state index in [-0.39, 0.29) is 23.3 Å².